The van der Waals surface area contributed by atoms with Crippen LogP contribution in [0.3, 0.4) is 0 Å². The van der Waals surface area contributed by atoms with Crippen molar-refractivity contribution in [2.75, 3.05) is 11.5 Å². The molecular weight excluding hydrogens is 773 g/mol. The monoisotopic (exact) mass is 847 g/mol. The summed E-state index contributed by atoms with van der Waals surface area (Å²) in [6.07, 6.45) is 34.2. The van der Waals surface area contributed by atoms with Crippen molar-refractivity contribution in [2.24, 2.45) is 0 Å². The molecule has 324 valence electrons. The molecule has 4 nitrogen and oxygen atoms in total. The molecule has 1 aliphatic rings. The lowest BCUT2D eigenvalue weighted by atomic mass is 9.84. The van der Waals surface area contributed by atoms with Crippen LogP contribution in [-0.2, 0) is 12.8 Å². The molecule has 0 radical (unpaired) electrons. The van der Waals surface area contributed by atoms with Gasteiger partial charge in [0.15, 0.2) is 11.6 Å². The van der Waals surface area contributed by atoms with E-state index >= 15 is 0 Å². The van der Waals surface area contributed by atoms with Crippen LogP contribution in [-0.4, -0.2) is 11.6 Å². The van der Waals surface area contributed by atoms with Gasteiger partial charge in [-0.25, -0.2) is 0 Å². The first kappa shape index (κ1) is 47.6. The molecule has 4 aromatic rings. The second kappa shape index (κ2) is 26.8. The highest BCUT2D eigenvalue weighted by Crippen LogP contribution is 2.43. The molecule has 0 saturated carbocycles. The van der Waals surface area contributed by atoms with E-state index in [0.717, 1.165) is 32.4 Å². The van der Waals surface area contributed by atoms with E-state index in [-0.39, 0.29) is 11.6 Å². The average Bonchev–Trinajstić information content (AvgIpc) is 3.25. The van der Waals surface area contributed by atoms with E-state index in [1.165, 1.54) is 189 Å². The van der Waals surface area contributed by atoms with Crippen molar-refractivity contribution in [1.82, 2.24) is 0 Å². The number of benzene rings is 4. The van der Waals surface area contributed by atoms with E-state index in [0.29, 0.717) is 33.6 Å². The van der Waals surface area contributed by atoms with E-state index in [2.05, 4.69) is 50.2 Å². The fraction of sp³-hybridized carbons (Fsp3) is 0.519. The maximum atomic E-state index is 14.5. The average molecular weight is 847 g/mol. The second-order valence-corrected chi connectivity index (χ2v) is 19.4. The van der Waals surface area contributed by atoms with Gasteiger partial charge in [0.05, 0.1) is 0 Å². The van der Waals surface area contributed by atoms with Crippen LogP contribution in [0.4, 0.5) is 11.4 Å². The summed E-state index contributed by atoms with van der Waals surface area (Å²) in [5.74, 6) is -0.254. The highest BCUT2D eigenvalue weighted by Gasteiger charge is 2.34. The summed E-state index contributed by atoms with van der Waals surface area (Å²) in [6, 6.07) is 23.8. The zero-order valence-electron chi connectivity index (χ0n) is 37.1. The van der Waals surface area contributed by atoms with Crippen molar-refractivity contribution in [1.29, 1.82) is 0 Å². The first-order valence-corrected chi connectivity index (χ1v) is 25.5. The minimum absolute atomic E-state index is 0.124. The van der Waals surface area contributed by atoms with Gasteiger partial charge in [-0.05, 0) is 73.2 Å². The highest BCUT2D eigenvalue weighted by molar-refractivity contribution is 8.00. The molecule has 60 heavy (non-hydrogen) atoms. The summed E-state index contributed by atoms with van der Waals surface area (Å²) in [5, 5.41) is 0. The van der Waals surface area contributed by atoms with E-state index < -0.39 is 0 Å². The second-order valence-electron chi connectivity index (χ2n) is 17.2. The molecule has 0 unspecified atom stereocenters. The van der Waals surface area contributed by atoms with Crippen LogP contribution in [0.25, 0.3) is 0 Å². The summed E-state index contributed by atoms with van der Waals surface area (Å²) in [4.78, 5) is 31.8. The first-order valence-electron chi connectivity index (χ1n) is 23.9. The van der Waals surface area contributed by atoms with Crippen molar-refractivity contribution in [3.63, 3.8) is 0 Å². The molecule has 0 aromatic heterocycles. The van der Waals surface area contributed by atoms with E-state index in [1.54, 1.807) is 12.1 Å². The molecule has 4 aromatic carbocycles. The van der Waals surface area contributed by atoms with Crippen LogP contribution in [0.2, 0.25) is 0 Å². The molecular formula is C54H74N2O2S2. The number of ketones is 2. The van der Waals surface area contributed by atoms with Crippen molar-refractivity contribution >= 4 is 46.5 Å². The largest absolute Gasteiger partial charge is 0.398 e. The molecule has 5 rings (SSSR count). The molecule has 0 fully saturated rings. The van der Waals surface area contributed by atoms with Crippen molar-refractivity contribution in [3.05, 3.63) is 106 Å². The summed E-state index contributed by atoms with van der Waals surface area (Å²) in [5.41, 5.74) is 19.0. The molecule has 0 bridgehead atoms. The normalized spacial score (nSPS) is 12.2. The predicted molar refractivity (Wildman–Crippen MR) is 259 cm³/mol. The zero-order chi connectivity index (χ0) is 42.4. The van der Waals surface area contributed by atoms with Crippen molar-refractivity contribution in [2.45, 2.75) is 200 Å². The van der Waals surface area contributed by atoms with Gasteiger partial charge < -0.3 is 11.5 Å². The van der Waals surface area contributed by atoms with Crippen LogP contribution in [0.5, 0.6) is 0 Å². The number of rotatable bonds is 30. The third kappa shape index (κ3) is 14.9. The Kier molecular flexibility index (Phi) is 21.2. The maximum absolute atomic E-state index is 14.5. The topological polar surface area (TPSA) is 86.2 Å². The van der Waals surface area contributed by atoms with Crippen molar-refractivity contribution < 1.29 is 9.59 Å². The van der Waals surface area contributed by atoms with Gasteiger partial charge in [0.1, 0.15) is 0 Å². The lowest BCUT2D eigenvalue weighted by Crippen LogP contribution is -2.22. The maximum Gasteiger partial charge on any atom is 0.196 e. The van der Waals surface area contributed by atoms with Crippen LogP contribution in [0, 0.1) is 0 Å². The third-order valence-electron chi connectivity index (χ3n) is 12.2. The highest BCUT2D eigenvalue weighted by atomic mass is 32.2. The molecule has 0 atom stereocenters. The Morgan fingerprint density at radius 2 is 0.717 bits per heavy atom. The SMILES string of the molecule is CCCCCCCCCCCCCCc1ccc(Sc2cccc3c2C(=O)c2c(Sc4ccc(CCCCCCCCCCCCCC)cc4N)cccc2C3=O)c(N)c1. The standard InChI is InChI=1S/C54H74N2O2S2/c1-3-5-7-9-11-13-15-17-19-21-23-25-29-41-35-37-47(45(55)39-41)59-49-33-27-31-43-51(49)54(58)52-44(53(43)57)32-28-34-50(52)60-48-38-36-42(40-46(48)56)30-26-24-22-20-18-16-14-12-10-8-6-4-2/h27-28,31-40H,3-26,29-30,55-56H2,1-2H3. The van der Waals surface area contributed by atoms with Gasteiger partial charge in [0, 0.05) is 53.2 Å². The zero-order valence-corrected chi connectivity index (χ0v) is 38.7. The van der Waals surface area contributed by atoms with Gasteiger partial charge in [-0.3, -0.25) is 9.59 Å². The molecule has 4 N–H and O–H groups in total. The molecule has 6 heteroatoms. The summed E-state index contributed by atoms with van der Waals surface area (Å²) < 4.78 is 0. The summed E-state index contributed by atoms with van der Waals surface area (Å²) in [6.45, 7) is 4.55. The van der Waals surface area contributed by atoms with E-state index in [1.807, 2.05) is 24.3 Å². The van der Waals surface area contributed by atoms with Crippen LogP contribution >= 0.6 is 23.5 Å². The van der Waals surface area contributed by atoms with Crippen molar-refractivity contribution in [3.8, 4) is 0 Å². The van der Waals surface area contributed by atoms with Gasteiger partial charge in [-0.15, -0.1) is 0 Å². The smallest absolute Gasteiger partial charge is 0.196 e. The predicted octanol–water partition coefficient (Wildman–Crippen LogP) is 16.4. The molecule has 0 amide bonds. The summed E-state index contributed by atoms with van der Waals surface area (Å²) >= 11 is 2.94. The van der Waals surface area contributed by atoms with Gasteiger partial charge in [0.25, 0.3) is 0 Å². The number of nitrogens with two attached hydrogens (primary N) is 2. The van der Waals surface area contributed by atoms with Gasteiger partial charge in [-0.1, -0.05) is 215 Å². The fourth-order valence-electron chi connectivity index (χ4n) is 8.62. The Balaban J connectivity index is 1.12. The quantitative estimate of drug-likeness (QED) is 0.0354. The number of nitrogen functional groups attached to an aromatic ring is 2. The van der Waals surface area contributed by atoms with Gasteiger partial charge in [-0.2, -0.15) is 0 Å². The number of hydrogen-bond acceptors (Lipinski definition) is 6. The molecule has 1 aliphatic carbocycles. The first-order chi connectivity index (χ1) is 29.4. The minimum Gasteiger partial charge on any atom is -0.398 e. The lowest BCUT2D eigenvalue weighted by Gasteiger charge is -2.22. The van der Waals surface area contributed by atoms with E-state index in [4.69, 9.17) is 11.5 Å². The molecule has 0 heterocycles. The Morgan fingerprint density at radius 1 is 0.383 bits per heavy atom. The lowest BCUT2D eigenvalue weighted by molar-refractivity contribution is 0.0974. The number of hydrogen-bond donors (Lipinski definition) is 2. The number of unbranched alkanes of at least 4 members (excludes halogenated alkanes) is 22. The Labute approximate surface area is 372 Å². The summed E-state index contributed by atoms with van der Waals surface area (Å²) in [7, 11) is 0. The van der Waals surface area contributed by atoms with Gasteiger partial charge in [0.2, 0.25) is 0 Å². The van der Waals surface area contributed by atoms with Crippen LogP contribution < -0.4 is 11.5 Å². The number of carbonyl (C=O) groups excluding carboxylic acids is 2. The minimum atomic E-state index is -0.130. The number of carbonyl (C=O) groups is 2. The molecule has 0 saturated heterocycles. The Hall–Kier alpha value is -3.48. The Bertz CT molecular complexity index is 1800. The van der Waals surface area contributed by atoms with Crippen LogP contribution in [0.15, 0.2) is 92.4 Å². The number of aryl methyl sites for hydroxylation is 2. The number of anilines is 2. The molecule has 0 aliphatic heterocycles. The molecule has 0 spiro atoms. The fourth-order valence-corrected chi connectivity index (χ4v) is 10.6. The van der Waals surface area contributed by atoms with Crippen LogP contribution in [0.1, 0.15) is 211 Å². The van der Waals surface area contributed by atoms with Gasteiger partial charge >= 0.3 is 0 Å². The van der Waals surface area contributed by atoms with E-state index in [9.17, 15) is 9.59 Å². The number of fused-ring (bicyclic) bond motifs is 2. The Morgan fingerprint density at radius 3 is 1.05 bits per heavy atom. The third-order valence-corrected chi connectivity index (χ3v) is 14.5.